The summed E-state index contributed by atoms with van der Waals surface area (Å²) >= 11 is 0. The maximum absolute atomic E-state index is 13.3. The van der Waals surface area contributed by atoms with Crippen LogP contribution in [0.15, 0.2) is 95.8 Å². The standard InChI is InChI=1S/C23H18N2O2/c1-17-24(19-13-7-3-8-14-19)22(26)21(18-11-5-2-6-12-18)23(27)25(17)20-15-9-4-10-16-20/h2-16H,1H3. The molecular weight excluding hydrogens is 336 g/mol. The highest BCUT2D eigenvalue weighted by Gasteiger charge is 2.24. The summed E-state index contributed by atoms with van der Waals surface area (Å²) < 4.78 is 3.19. The van der Waals surface area contributed by atoms with Gasteiger partial charge in [0.1, 0.15) is 16.9 Å². The fourth-order valence-electron chi connectivity index (χ4n) is 3.32. The number of aromatic nitrogens is 2. The fourth-order valence-corrected chi connectivity index (χ4v) is 3.32. The highest BCUT2D eigenvalue weighted by atomic mass is 16.3. The van der Waals surface area contributed by atoms with E-state index in [1.807, 2.05) is 78.9 Å². The third-order valence-corrected chi connectivity index (χ3v) is 4.57. The van der Waals surface area contributed by atoms with Gasteiger partial charge in [-0.15, -0.1) is 0 Å². The number of hydrogen-bond donors (Lipinski definition) is 0. The van der Waals surface area contributed by atoms with E-state index < -0.39 is 0 Å². The molecule has 4 rings (SSSR count). The molecule has 0 saturated carbocycles. The molecule has 0 fully saturated rings. The predicted octanol–water partition coefficient (Wildman–Crippen LogP) is 3.16. The molecule has 0 radical (unpaired) electrons. The molecular formula is C23H18N2O2. The summed E-state index contributed by atoms with van der Waals surface area (Å²) in [6, 6.07) is 27.9. The van der Waals surface area contributed by atoms with E-state index >= 15 is 0 Å². The van der Waals surface area contributed by atoms with E-state index in [0.29, 0.717) is 11.4 Å². The van der Waals surface area contributed by atoms with Gasteiger partial charge in [-0.05, 0) is 29.8 Å². The maximum Gasteiger partial charge on any atom is 0.349 e. The van der Waals surface area contributed by atoms with Crippen molar-refractivity contribution in [3.05, 3.63) is 107 Å². The minimum atomic E-state index is -0.318. The Balaban J connectivity index is 2.14. The summed E-state index contributed by atoms with van der Waals surface area (Å²) in [7, 11) is 0. The van der Waals surface area contributed by atoms with Gasteiger partial charge < -0.3 is 5.11 Å². The molecule has 1 aromatic heterocycles. The Kier molecular flexibility index (Phi) is 4.30. The van der Waals surface area contributed by atoms with E-state index in [-0.39, 0.29) is 17.0 Å². The van der Waals surface area contributed by atoms with Crippen molar-refractivity contribution < 1.29 is 9.67 Å². The predicted molar refractivity (Wildman–Crippen MR) is 103 cm³/mol. The van der Waals surface area contributed by atoms with Crippen LogP contribution in [-0.4, -0.2) is 4.57 Å². The van der Waals surface area contributed by atoms with E-state index in [9.17, 15) is 9.90 Å². The first-order valence-corrected chi connectivity index (χ1v) is 8.73. The number of benzene rings is 3. The molecule has 0 amide bonds. The molecule has 4 heteroatoms. The molecule has 0 saturated heterocycles. The van der Waals surface area contributed by atoms with Gasteiger partial charge in [0.2, 0.25) is 0 Å². The molecule has 0 atom stereocenters. The van der Waals surface area contributed by atoms with Crippen LogP contribution in [0.2, 0.25) is 0 Å². The summed E-state index contributed by atoms with van der Waals surface area (Å²) in [5, 5.41) is 13.3. The number of rotatable bonds is 3. The topological polar surface area (TPSA) is 48.9 Å². The summed E-state index contributed by atoms with van der Waals surface area (Å²) in [5.41, 5.74) is 1.90. The summed E-state index contributed by atoms with van der Waals surface area (Å²) in [4.78, 5) is 13.3. The largest absolute Gasteiger partial charge is 0.841 e. The van der Waals surface area contributed by atoms with E-state index in [2.05, 4.69) is 0 Å². The van der Waals surface area contributed by atoms with Gasteiger partial charge in [-0.25, -0.2) is 9.36 Å². The second-order valence-electron chi connectivity index (χ2n) is 6.24. The Morgan fingerprint density at radius 1 is 0.778 bits per heavy atom. The summed E-state index contributed by atoms with van der Waals surface area (Å²) in [5.74, 6) is 0.240. The van der Waals surface area contributed by atoms with Crippen LogP contribution >= 0.6 is 0 Å². The van der Waals surface area contributed by atoms with Gasteiger partial charge in [0.05, 0.1) is 5.88 Å². The van der Waals surface area contributed by atoms with Gasteiger partial charge in [-0.3, -0.25) is 0 Å². The molecule has 0 aliphatic heterocycles. The molecule has 4 nitrogen and oxygen atoms in total. The van der Waals surface area contributed by atoms with Crippen LogP contribution in [0.3, 0.4) is 0 Å². The number of para-hydroxylation sites is 2. The van der Waals surface area contributed by atoms with E-state index in [0.717, 1.165) is 11.4 Å². The minimum absolute atomic E-state index is 0.161. The lowest BCUT2D eigenvalue weighted by atomic mass is 10.1. The molecule has 3 aromatic carbocycles. The summed E-state index contributed by atoms with van der Waals surface area (Å²) in [6.45, 7) is 1.79. The van der Waals surface area contributed by atoms with Crippen LogP contribution in [0.25, 0.3) is 22.5 Å². The van der Waals surface area contributed by atoms with Gasteiger partial charge in [0.15, 0.2) is 0 Å². The molecule has 4 aromatic rings. The molecule has 132 valence electrons. The molecule has 0 aliphatic rings. The zero-order valence-electron chi connectivity index (χ0n) is 14.9. The molecule has 0 unspecified atom stereocenters. The third-order valence-electron chi connectivity index (χ3n) is 4.57. The SMILES string of the molecule is Cc1n(-c2ccccc2)c(=O)c(-c2ccccc2)c([O-])[n+]1-c1ccccc1. The Labute approximate surface area is 157 Å². The van der Waals surface area contributed by atoms with Crippen LogP contribution in [-0.2, 0) is 0 Å². The first-order valence-electron chi connectivity index (χ1n) is 8.73. The highest BCUT2D eigenvalue weighted by Crippen LogP contribution is 2.23. The van der Waals surface area contributed by atoms with Crippen LogP contribution in [0.4, 0.5) is 0 Å². The third kappa shape index (κ3) is 2.91. The molecule has 1 heterocycles. The fraction of sp³-hybridized carbons (Fsp3) is 0.0435. The van der Waals surface area contributed by atoms with E-state index in [1.165, 1.54) is 0 Å². The number of hydrogen-bond acceptors (Lipinski definition) is 2. The van der Waals surface area contributed by atoms with E-state index in [1.54, 1.807) is 28.2 Å². The molecule has 0 aliphatic carbocycles. The Hall–Kier alpha value is -3.66. The Bertz CT molecular complexity index is 1070. The smallest absolute Gasteiger partial charge is 0.349 e. The van der Waals surface area contributed by atoms with Gasteiger partial charge >= 0.3 is 5.56 Å². The average molecular weight is 354 g/mol. The van der Waals surface area contributed by atoms with Crippen molar-refractivity contribution in [2.45, 2.75) is 6.92 Å². The van der Waals surface area contributed by atoms with Crippen LogP contribution in [0, 0.1) is 6.92 Å². The minimum Gasteiger partial charge on any atom is -0.841 e. The second-order valence-corrected chi connectivity index (χ2v) is 6.24. The Morgan fingerprint density at radius 2 is 1.30 bits per heavy atom. The monoisotopic (exact) mass is 354 g/mol. The van der Waals surface area contributed by atoms with Crippen molar-refractivity contribution in [2.75, 3.05) is 0 Å². The molecule has 0 spiro atoms. The van der Waals surface area contributed by atoms with Crippen molar-refractivity contribution in [2.24, 2.45) is 0 Å². The number of nitrogens with zero attached hydrogens (tertiary/aromatic N) is 2. The molecule has 0 bridgehead atoms. The lowest BCUT2D eigenvalue weighted by molar-refractivity contribution is -0.659. The van der Waals surface area contributed by atoms with Crippen molar-refractivity contribution >= 4 is 0 Å². The van der Waals surface area contributed by atoms with Gasteiger partial charge in [0, 0.05) is 6.92 Å². The van der Waals surface area contributed by atoms with Crippen LogP contribution in [0.5, 0.6) is 5.88 Å². The summed E-state index contributed by atoms with van der Waals surface area (Å²) in [6.07, 6.45) is 0. The van der Waals surface area contributed by atoms with Crippen molar-refractivity contribution in [1.82, 2.24) is 4.57 Å². The zero-order valence-corrected chi connectivity index (χ0v) is 14.9. The first-order chi connectivity index (χ1) is 13.2. The maximum atomic E-state index is 13.3. The highest BCUT2D eigenvalue weighted by molar-refractivity contribution is 5.66. The van der Waals surface area contributed by atoms with Gasteiger partial charge in [-0.1, -0.05) is 66.7 Å². The molecule has 0 N–H and O–H groups in total. The normalized spacial score (nSPS) is 10.7. The Morgan fingerprint density at radius 3 is 1.89 bits per heavy atom. The lowest BCUT2D eigenvalue weighted by Gasteiger charge is -2.19. The van der Waals surface area contributed by atoms with Crippen LogP contribution in [0.1, 0.15) is 5.82 Å². The van der Waals surface area contributed by atoms with Crippen molar-refractivity contribution in [3.63, 3.8) is 0 Å². The van der Waals surface area contributed by atoms with Crippen LogP contribution < -0.4 is 15.2 Å². The first kappa shape index (κ1) is 16.8. The van der Waals surface area contributed by atoms with Gasteiger partial charge in [-0.2, -0.15) is 4.57 Å². The van der Waals surface area contributed by atoms with Crippen molar-refractivity contribution in [3.8, 4) is 28.4 Å². The quantitative estimate of drug-likeness (QED) is 0.531. The lowest BCUT2D eigenvalue weighted by Crippen LogP contribution is -2.45. The van der Waals surface area contributed by atoms with E-state index in [4.69, 9.17) is 0 Å². The molecule has 27 heavy (non-hydrogen) atoms. The van der Waals surface area contributed by atoms with Crippen molar-refractivity contribution in [1.29, 1.82) is 0 Å². The zero-order chi connectivity index (χ0) is 18.8. The average Bonchev–Trinajstić information content (AvgIpc) is 2.70. The second kappa shape index (κ2) is 6.92. The van der Waals surface area contributed by atoms with Gasteiger partial charge in [0.25, 0.3) is 5.82 Å².